The third-order valence-electron chi connectivity index (χ3n) is 2.91. The molecule has 1 aromatic carbocycles. The van der Waals surface area contributed by atoms with Gasteiger partial charge in [0.1, 0.15) is 11.4 Å². The molecule has 1 atom stereocenters. The van der Waals surface area contributed by atoms with Gasteiger partial charge < -0.3 is 5.32 Å². The first-order valence-electron chi connectivity index (χ1n) is 5.96. The number of rotatable bonds is 2. The molecule has 1 saturated heterocycles. The first kappa shape index (κ1) is 14.0. The monoisotopic (exact) mass is 327 g/mol. The SMILES string of the molecule is CC(C)N=C1NC(=O)C(C)(c2cc(Br)ccc2F)N1. The van der Waals surface area contributed by atoms with Crippen LogP contribution in [0.15, 0.2) is 27.7 Å². The molecule has 1 amide bonds. The molecule has 0 aromatic heterocycles. The fourth-order valence-corrected chi connectivity index (χ4v) is 2.31. The van der Waals surface area contributed by atoms with E-state index in [1.165, 1.54) is 6.07 Å². The number of carbonyl (C=O) groups is 1. The molecule has 1 aliphatic heterocycles. The summed E-state index contributed by atoms with van der Waals surface area (Å²) in [6, 6.07) is 4.56. The Balaban J connectivity index is 2.43. The van der Waals surface area contributed by atoms with Gasteiger partial charge in [-0.2, -0.15) is 0 Å². The minimum absolute atomic E-state index is 0.0394. The summed E-state index contributed by atoms with van der Waals surface area (Å²) in [5.41, 5.74) is -0.866. The molecule has 0 aliphatic carbocycles. The topological polar surface area (TPSA) is 53.5 Å². The standard InChI is InChI=1S/C13H15BrFN3O/c1-7(2)16-12-17-11(19)13(3,18-12)9-6-8(14)4-5-10(9)15/h4-7H,1-3H3,(H2,16,17,18,19). The van der Waals surface area contributed by atoms with Crippen LogP contribution in [0.1, 0.15) is 26.3 Å². The zero-order valence-corrected chi connectivity index (χ0v) is 12.5. The molecule has 102 valence electrons. The van der Waals surface area contributed by atoms with Crippen LogP contribution in [0.5, 0.6) is 0 Å². The number of amides is 1. The fraction of sp³-hybridized carbons (Fsp3) is 0.385. The van der Waals surface area contributed by atoms with Crippen LogP contribution in [-0.2, 0) is 10.3 Å². The largest absolute Gasteiger partial charge is 0.338 e. The van der Waals surface area contributed by atoms with Crippen molar-refractivity contribution in [2.24, 2.45) is 4.99 Å². The van der Waals surface area contributed by atoms with Crippen molar-refractivity contribution in [2.75, 3.05) is 0 Å². The normalized spacial score (nSPS) is 24.7. The maximum atomic E-state index is 13.9. The minimum atomic E-state index is -1.15. The second-order valence-electron chi connectivity index (χ2n) is 4.90. The third-order valence-corrected chi connectivity index (χ3v) is 3.40. The Morgan fingerprint density at radius 1 is 1.42 bits per heavy atom. The van der Waals surface area contributed by atoms with Crippen LogP contribution in [0.2, 0.25) is 0 Å². The first-order chi connectivity index (χ1) is 8.83. The quantitative estimate of drug-likeness (QED) is 0.875. The van der Waals surface area contributed by atoms with Crippen LogP contribution in [0.25, 0.3) is 0 Å². The van der Waals surface area contributed by atoms with Crippen molar-refractivity contribution in [3.63, 3.8) is 0 Å². The van der Waals surface area contributed by atoms with E-state index in [2.05, 4.69) is 31.6 Å². The molecule has 1 aliphatic rings. The van der Waals surface area contributed by atoms with Gasteiger partial charge in [-0.3, -0.25) is 15.1 Å². The van der Waals surface area contributed by atoms with Gasteiger partial charge in [-0.25, -0.2) is 4.39 Å². The van der Waals surface area contributed by atoms with Crippen LogP contribution < -0.4 is 10.6 Å². The number of hydrogen-bond donors (Lipinski definition) is 2. The second kappa shape index (κ2) is 4.92. The Hall–Kier alpha value is -1.43. The lowest BCUT2D eigenvalue weighted by Gasteiger charge is -2.22. The zero-order chi connectivity index (χ0) is 14.2. The van der Waals surface area contributed by atoms with Gasteiger partial charge in [-0.1, -0.05) is 15.9 Å². The summed E-state index contributed by atoms with van der Waals surface area (Å²) in [4.78, 5) is 16.4. The molecule has 1 heterocycles. The maximum Gasteiger partial charge on any atom is 0.256 e. The van der Waals surface area contributed by atoms with E-state index < -0.39 is 11.4 Å². The lowest BCUT2D eigenvalue weighted by atomic mass is 9.92. The van der Waals surface area contributed by atoms with E-state index in [1.54, 1.807) is 19.1 Å². The van der Waals surface area contributed by atoms with E-state index >= 15 is 0 Å². The maximum absolute atomic E-state index is 13.9. The molecule has 2 rings (SSSR count). The molecule has 0 spiro atoms. The van der Waals surface area contributed by atoms with Crippen molar-refractivity contribution >= 4 is 27.8 Å². The van der Waals surface area contributed by atoms with Crippen molar-refractivity contribution in [3.8, 4) is 0 Å². The molecule has 6 heteroatoms. The number of aliphatic imine (C=N–C) groups is 1. The van der Waals surface area contributed by atoms with Crippen LogP contribution >= 0.6 is 15.9 Å². The zero-order valence-electron chi connectivity index (χ0n) is 10.9. The summed E-state index contributed by atoms with van der Waals surface area (Å²) in [5.74, 6) is -0.370. The van der Waals surface area contributed by atoms with Crippen molar-refractivity contribution in [1.29, 1.82) is 0 Å². The predicted octanol–water partition coefficient (Wildman–Crippen LogP) is 2.29. The number of benzene rings is 1. The summed E-state index contributed by atoms with van der Waals surface area (Å²) in [6.07, 6.45) is 0. The van der Waals surface area contributed by atoms with Gasteiger partial charge in [0.25, 0.3) is 5.91 Å². The third kappa shape index (κ3) is 2.63. The summed E-state index contributed by atoms with van der Waals surface area (Å²) in [7, 11) is 0. The molecule has 0 saturated carbocycles. The van der Waals surface area contributed by atoms with E-state index in [0.717, 1.165) is 0 Å². The average Bonchev–Trinajstić information content (AvgIpc) is 2.57. The smallest absolute Gasteiger partial charge is 0.256 e. The van der Waals surface area contributed by atoms with Gasteiger partial charge in [-0.15, -0.1) is 0 Å². The van der Waals surface area contributed by atoms with Crippen LogP contribution in [0.3, 0.4) is 0 Å². The average molecular weight is 328 g/mol. The second-order valence-corrected chi connectivity index (χ2v) is 5.82. The van der Waals surface area contributed by atoms with Crippen molar-refractivity contribution in [3.05, 3.63) is 34.1 Å². The minimum Gasteiger partial charge on any atom is -0.338 e. The number of guanidine groups is 1. The van der Waals surface area contributed by atoms with Gasteiger partial charge in [-0.05, 0) is 39.0 Å². The molecular weight excluding hydrogens is 313 g/mol. The number of carbonyl (C=O) groups excluding carboxylic acids is 1. The Kier molecular flexibility index (Phi) is 3.62. The Morgan fingerprint density at radius 3 is 2.74 bits per heavy atom. The molecular formula is C13H15BrFN3O. The molecule has 4 nitrogen and oxygen atoms in total. The van der Waals surface area contributed by atoms with Gasteiger partial charge in [0.2, 0.25) is 0 Å². The summed E-state index contributed by atoms with van der Waals surface area (Å²) >= 11 is 3.29. The Labute approximate surface area is 119 Å². The Morgan fingerprint density at radius 2 is 2.11 bits per heavy atom. The first-order valence-corrected chi connectivity index (χ1v) is 6.75. The van der Waals surface area contributed by atoms with Crippen molar-refractivity contribution < 1.29 is 9.18 Å². The lowest BCUT2D eigenvalue weighted by Crippen LogP contribution is -2.41. The number of hydrogen-bond acceptors (Lipinski definition) is 2. The highest BCUT2D eigenvalue weighted by Crippen LogP contribution is 2.29. The van der Waals surface area contributed by atoms with Gasteiger partial charge >= 0.3 is 0 Å². The lowest BCUT2D eigenvalue weighted by molar-refractivity contribution is -0.123. The highest BCUT2D eigenvalue weighted by molar-refractivity contribution is 9.10. The molecule has 2 N–H and O–H groups in total. The van der Waals surface area contributed by atoms with E-state index in [-0.39, 0.29) is 17.5 Å². The summed E-state index contributed by atoms with van der Waals surface area (Å²) in [6.45, 7) is 5.43. The number of halogens is 2. The number of nitrogens with one attached hydrogen (secondary N) is 2. The van der Waals surface area contributed by atoms with Gasteiger partial charge in [0.05, 0.1) is 0 Å². The van der Waals surface area contributed by atoms with E-state index in [4.69, 9.17) is 0 Å². The van der Waals surface area contributed by atoms with Crippen LogP contribution in [0, 0.1) is 5.82 Å². The molecule has 0 bridgehead atoms. The van der Waals surface area contributed by atoms with Crippen molar-refractivity contribution in [2.45, 2.75) is 32.4 Å². The predicted molar refractivity (Wildman–Crippen MR) is 75.3 cm³/mol. The van der Waals surface area contributed by atoms with Crippen molar-refractivity contribution in [1.82, 2.24) is 10.6 Å². The van der Waals surface area contributed by atoms with Crippen LogP contribution in [0.4, 0.5) is 4.39 Å². The van der Waals surface area contributed by atoms with E-state index in [0.29, 0.717) is 10.4 Å². The molecule has 1 unspecified atom stereocenters. The van der Waals surface area contributed by atoms with Gasteiger partial charge in [0, 0.05) is 16.1 Å². The fourth-order valence-electron chi connectivity index (χ4n) is 1.95. The van der Waals surface area contributed by atoms with E-state index in [9.17, 15) is 9.18 Å². The van der Waals surface area contributed by atoms with Gasteiger partial charge in [0.15, 0.2) is 5.96 Å². The summed E-state index contributed by atoms with van der Waals surface area (Å²) in [5, 5.41) is 5.60. The van der Waals surface area contributed by atoms with E-state index in [1.807, 2.05) is 13.8 Å². The summed E-state index contributed by atoms with van der Waals surface area (Å²) < 4.78 is 14.7. The molecule has 1 fully saturated rings. The highest BCUT2D eigenvalue weighted by atomic mass is 79.9. The Bertz CT molecular complexity index is 559. The molecule has 19 heavy (non-hydrogen) atoms. The molecule has 1 aromatic rings. The number of nitrogens with zero attached hydrogens (tertiary/aromatic N) is 1. The molecule has 0 radical (unpaired) electrons. The highest BCUT2D eigenvalue weighted by Gasteiger charge is 2.44. The van der Waals surface area contributed by atoms with Crippen LogP contribution in [-0.4, -0.2) is 17.9 Å².